The fourth-order valence-corrected chi connectivity index (χ4v) is 4.27. The third kappa shape index (κ3) is 4.75. The summed E-state index contributed by atoms with van der Waals surface area (Å²) in [5.74, 6) is -0.103. The maximum Gasteiger partial charge on any atom is 0.246 e. The molecular formula is C21H24N4O3S. The normalized spacial score (nSPS) is 13.1. The molecule has 152 valence electrons. The molecule has 3 rings (SSSR count). The summed E-state index contributed by atoms with van der Waals surface area (Å²) in [6.07, 6.45) is 0.890. The molecule has 0 bridgehead atoms. The van der Waals surface area contributed by atoms with Crippen LogP contribution in [0.1, 0.15) is 23.1 Å². The van der Waals surface area contributed by atoms with Crippen molar-refractivity contribution in [1.29, 1.82) is 5.26 Å². The second-order valence-electron chi connectivity index (χ2n) is 7.31. The van der Waals surface area contributed by atoms with Crippen molar-refractivity contribution in [1.82, 2.24) is 0 Å². The number of fused-ring (bicyclic) bond motifs is 1. The standard InChI is InChI=1S/C21H24N4O3S/c1-15-10-16(2)12-18(11-15)25(8-3-7-22)21(26)14-24-9-6-17-13-19(29(23,27)28)4-5-20(17)24/h4-5,10-13H,3,6,8-9,14H2,1-2H3,(H2,23,27,28). The van der Waals surface area contributed by atoms with Crippen LogP contribution in [0.4, 0.5) is 11.4 Å². The minimum absolute atomic E-state index is 0.0790. The van der Waals surface area contributed by atoms with Crippen molar-refractivity contribution in [2.75, 3.05) is 29.4 Å². The monoisotopic (exact) mass is 412 g/mol. The van der Waals surface area contributed by atoms with Gasteiger partial charge in [-0.2, -0.15) is 5.26 Å². The van der Waals surface area contributed by atoms with E-state index in [0.717, 1.165) is 28.1 Å². The Kier molecular flexibility index (Phi) is 5.91. The van der Waals surface area contributed by atoms with Gasteiger partial charge in [-0.1, -0.05) is 6.07 Å². The lowest BCUT2D eigenvalue weighted by molar-refractivity contribution is -0.117. The highest BCUT2D eigenvalue weighted by molar-refractivity contribution is 7.89. The zero-order chi connectivity index (χ0) is 21.2. The van der Waals surface area contributed by atoms with E-state index in [9.17, 15) is 13.2 Å². The Balaban J connectivity index is 1.84. The third-order valence-corrected chi connectivity index (χ3v) is 5.87. The second-order valence-corrected chi connectivity index (χ2v) is 8.87. The van der Waals surface area contributed by atoms with Crippen LogP contribution >= 0.6 is 0 Å². The van der Waals surface area contributed by atoms with E-state index >= 15 is 0 Å². The van der Waals surface area contributed by atoms with E-state index < -0.39 is 10.0 Å². The topological polar surface area (TPSA) is 108 Å². The van der Waals surface area contributed by atoms with E-state index in [-0.39, 0.29) is 23.8 Å². The van der Waals surface area contributed by atoms with Crippen molar-refractivity contribution in [2.45, 2.75) is 31.6 Å². The molecule has 2 aromatic rings. The van der Waals surface area contributed by atoms with E-state index in [2.05, 4.69) is 6.07 Å². The number of hydrogen-bond donors (Lipinski definition) is 1. The van der Waals surface area contributed by atoms with Gasteiger partial charge in [0.2, 0.25) is 15.9 Å². The maximum atomic E-state index is 13.1. The predicted octanol–water partition coefficient (Wildman–Crippen LogP) is 2.26. The Morgan fingerprint density at radius 2 is 1.90 bits per heavy atom. The van der Waals surface area contributed by atoms with Crippen molar-refractivity contribution in [3.8, 4) is 6.07 Å². The molecular weight excluding hydrogens is 388 g/mol. The Hall–Kier alpha value is -2.89. The SMILES string of the molecule is Cc1cc(C)cc(N(CCC#N)C(=O)CN2CCc3cc(S(N)(=O)=O)ccc32)c1. The van der Waals surface area contributed by atoms with Gasteiger partial charge in [0.1, 0.15) is 0 Å². The summed E-state index contributed by atoms with van der Waals surface area (Å²) in [4.78, 5) is 16.8. The van der Waals surface area contributed by atoms with Crippen LogP contribution in [0.25, 0.3) is 0 Å². The number of rotatable bonds is 6. The first-order valence-corrected chi connectivity index (χ1v) is 10.9. The molecule has 0 saturated carbocycles. The van der Waals surface area contributed by atoms with Gasteiger partial charge in [-0.25, -0.2) is 13.6 Å². The van der Waals surface area contributed by atoms with Gasteiger partial charge in [0, 0.05) is 24.5 Å². The van der Waals surface area contributed by atoms with Crippen molar-refractivity contribution in [2.24, 2.45) is 5.14 Å². The molecule has 2 N–H and O–H groups in total. The van der Waals surface area contributed by atoms with Gasteiger partial charge in [-0.3, -0.25) is 4.79 Å². The highest BCUT2D eigenvalue weighted by Crippen LogP contribution is 2.30. The number of anilines is 2. The summed E-state index contributed by atoms with van der Waals surface area (Å²) >= 11 is 0. The van der Waals surface area contributed by atoms with Gasteiger partial charge in [0.25, 0.3) is 0 Å². The summed E-state index contributed by atoms with van der Waals surface area (Å²) in [7, 11) is -3.76. The molecule has 0 saturated heterocycles. The zero-order valence-electron chi connectivity index (χ0n) is 16.6. The van der Waals surface area contributed by atoms with E-state index in [0.29, 0.717) is 19.5 Å². The fraction of sp³-hybridized carbons (Fsp3) is 0.333. The van der Waals surface area contributed by atoms with Crippen LogP contribution in [-0.4, -0.2) is 34.0 Å². The van der Waals surface area contributed by atoms with Crippen LogP contribution in [-0.2, 0) is 21.2 Å². The molecule has 0 radical (unpaired) electrons. The number of nitrogens with two attached hydrogens (primary N) is 1. The van der Waals surface area contributed by atoms with Gasteiger partial charge in [-0.05, 0) is 67.3 Å². The average Bonchev–Trinajstić information content (AvgIpc) is 3.03. The number of benzene rings is 2. The molecule has 29 heavy (non-hydrogen) atoms. The Morgan fingerprint density at radius 3 is 2.52 bits per heavy atom. The second kappa shape index (κ2) is 8.23. The van der Waals surface area contributed by atoms with E-state index in [1.807, 2.05) is 36.9 Å². The Morgan fingerprint density at radius 1 is 1.21 bits per heavy atom. The Bertz CT molecular complexity index is 1070. The molecule has 1 aliphatic heterocycles. The van der Waals surface area contributed by atoms with Crippen LogP contribution in [0.5, 0.6) is 0 Å². The van der Waals surface area contributed by atoms with Crippen LogP contribution in [0.15, 0.2) is 41.3 Å². The van der Waals surface area contributed by atoms with Crippen molar-refractivity contribution in [3.05, 3.63) is 53.1 Å². The molecule has 1 amide bonds. The number of hydrogen-bond acceptors (Lipinski definition) is 5. The number of nitriles is 1. The number of carbonyl (C=O) groups is 1. The van der Waals surface area contributed by atoms with Crippen LogP contribution < -0.4 is 14.9 Å². The lowest BCUT2D eigenvalue weighted by Gasteiger charge is -2.27. The average molecular weight is 413 g/mol. The van der Waals surface area contributed by atoms with Gasteiger partial charge in [-0.15, -0.1) is 0 Å². The summed E-state index contributed by atoms with van der Waals surface area (Å²) in [6.45, 7) is 5.05. The first kappa shape index (κ1) is 20.8. The molecule has 0 fully saturated rings. The molecule has 1 heterocycles. The summed E-state index contributed by atoms with van der Waals surface area (Å²) in [6, 6.07) is 12.8. The number of primary sulfonamides is 1. The first-order valence-electron chi connectivity index (χ1n) is 9.35. The molecule has 0 unspecified atom stereocenters. The minimum atomic E-state index is -3.76. The molecule has 7 nitrogen and oxygen atoms in total. The van der Waals surface area contributed by atoms with Crippen molar-refractivity contribution >= 4 is 27.3 Å². The summed E-state index contributed by atoms with van der Waals surface area (Å²) < 4.78 is 23.1. The van der Waals surface area contributed by atoms with E-state index in [4.69, 9.17) is 10.4 Å². The summed E-state index contributed by atoms with van der Waals surface area (Å²) in [5.41, 5.74) is 4.59. The number of nitrogens with zero attached hydrogens (tertiary/aromatic N) is 3. The number of sulfonamides is 1. The van der Waals surface area contributed by atoms with Crippen LogP contribution in [0, 0.1) is 25.2 Å². The van der Waals surface area contributed by atoms with E-state index in [1.54, 1.807) is 17.0 Å². The smallest absolute Gasteiger partial charge is 0.246 e. The highest BCUT2D eigenvalue weighted by Gasteiger charge is 2.25. The maximum absolute atomic E-state index is 13.1. The predicted molar refractivity (Wildman–Crippen MR) is 112 cm³/mol. The van der Waals surface area contributed by atoms with Crippen molar-refractivity contribution in [3.63, 3.8) is 0 Å². The quantitative estimate of drug-likeness (QED) is 0.783. The molecule has 0 aliphatic carbocycles. The molecule has 0 spiro atoms. The lowest BCUT2D eigenvalue weighted by Crippen LogP contribution is -2.40. The molecule has 2 aromatic carbocycles. The van der Waals surface area contributed by atoms with Crippen LogP contribution in [0.2, 0.25) is 0 Å². The van der Waals surface area contributed by atoms with E-state index in [1.165, 1.54) is 6.07 Å². The minimum Gasteiger partial charge on any atom is -0.362 e. The third-order valence-electron chi connectivity index (χ3n) is 4.96. The van der Waals surface area contributed by atoms with Gasteiger partial charge < -0.3 is 9.80 Å². The summed E-state index contributed by atoms with van der Waals surface area (Å²) in [5, 5.41) is 14.2. The lowest BCUT2D eigenvalue weighted by atomic mass is 10.1. The largest absolute Gasteiger partial charge is 0.362 e. The van der Waals surface area contributed by atoms with Gasteiger partial charge in [0.05, 0.1) is 23.9 Å². The number of aryl methyl sites for hydroxylation is 2. The fourth-order valence-electron chi connectivity index (χ4n) is 3.70. The molecule has 0 aromatic heterocycles. The Labute approximate surface area is 171 Å². The zero-order valence-corrected chi connectivity index (χ0v) is 17.4. The first-order chi connectivity index (χ1) is 13.7. The van der Waals surface area contributed by atoms with Gasteiger partial charge in [0.15, 0.2) is 0 Å². The number of amides is 1. The van der Waals surface area contributed by atoms with Crippen LogP contribution in [0.3, 0.4) is 0 Å². The van der Waals surface area contributed by atoms with Crippen molar-refractivity contribution < 1.29 is 13.2 Å². The molecule has 0 atom stereocenters. The number of carbonyl (C=O) groups excluding carboxylic acids is 1. The molecule has 1 aliphatic rings. The highest BCUT2D eigenvalue weighted by atomic mass is 32.2. The molecule has 8 heteroatoms. The van der Waals surface area contributed by atoms with Gasteiger partial charge >= 0.3 is 0 Å².